The number of furan rings is 1. The van der Waals surface area contributed by atoms with E-state index in [4.69, 9.17) is 27.6 Å². The third kappa shape index (κ3) is 2.04. The summed E-state index contributed by atoms with van der Waals surface area (Å²) in [5.74, 6) is 0.818. The van der Waals surface area contributed by atoms with Crippen LogP contribution in [0, 0.1) is 0 Å². The monoisotopic (exact) mass is 262 g/mol. The molecule has 0 fully saturated rings. The summed E-state index contributed by atoms with van der Waals surface area (Å²) in [6.07, 6.45) is 0. The Hall–Kier alpha value is -1.44. The number of halogens is 2. The van der Waals surface area contributed by atoms with Gasteiger partial charge < -0.3 is 4.42 Å². The van der Waals surface area contributed by atoms with Crippen LogP contribution in [0.4, 0.5) is 0 Å². The summed E-state index contributed by atoms with van der Waals surface area (Å²) in [5.41, 5.74) is 1.83. The van der Waals surface area contributed by atoms with E-state index in [0.29, 0.717) is 10.0 Å². The van der Waals surface area contributed by atoms with E-state index < -0.39 is 0 Å². The Morgan fingerprint density at radius 3 is 2.24 bits per heavy atom. The van der Waals surface area contributed by atoms with Gasteiger partial charge in [0.15, 0.2) is 0 Å². The second-order valence-electron chi connectivity index (χ2n) is 3.80. The van der Waals surface area contributed by atoms with Crippen molar-refractivity contribution in [2.24, 2.45) is 0 Å². The lowest BCUT2D eigenvalue weighted by Crippen LogP contribution is -1.71. The quantitative estimate of drug-likeness (QED) is 0.572. The number of hydrogen-bond acceptors (Lipinski definition) is 1. The van der Waals surface area contributed by atoms with Crippen LogP contribution in [0.5, 0.6) is 0 Å². The molecule has 0 spiro atoms. The molecule has 84 valence electrons. The smallest absolute Gasteiger partial charge is 0.135 e. The van der Waals surface area contributed by atoms with E-state index in [1.165, 1.54) is 0 Å². The highest BCUT2D eigenvalue weighted by atomic mass is 35.5. The molecule has 3 rings (SSSR count). The maximum absolute atomic E-state index is 5.94. The van der Waals surface area contributed by atoms with E-state index in [1.54, 1.807) is 0 Å². The summed E-state index contributed by atoms with van der Waals surface area (Å²) in [6, 6.07) is 15.1. The van der Waals surface area contributed by atoms with Crippen LogP contribution in [-0.4, -0.2) is 0 Å². The molecule has 1 aromatic heterocycles. The molecule has 0 N–H and O–H groups in total. The Balaban J connectivity index is 2.14. The SMILES string of the molecule is Clc1ccc(-c2cc3cc(Cl)ccc3o2)cc1. The van der Waals surface area contributed by atoms with Crippen LogP contribution in [0.15, 0.2) is 52.9 Å². The van der Waals surface area contributed by atoms with E-state index >= 15 is 0 Å². The Morgan fingerprint density at radius 1 is 0.765 bits per heavy atom. The summed E-state index contributed by atoms with van der Waals surface area (Å²) in [6.45, 7) is 0. The van der Waals surface area contributed by atoms with Crippen LogP contribution >= 0.6 is 23.2 Å². The minimum absolute atomic E-state index is 0.709. The Labute approximate surface area is 109 Å². The second kappa shape index (κ2) is 4.10. The highest BCUT2D eigenvalue weighted by Crippen LogP contribution is 2.30. The zero-order valence-corrected chi connectivity index (χ0v) is 10.3. The van der Waals surface area contributed by atoms with E-state index in [9.17, 15) is 0 Å². The van der Waals surface area contributed by atoms with Crippen molar-refractivity contribution in [1.29, 1.82) is 0 Å². The first kappa shape index (κ1) is 10.7. The maximum Gasteiger partial charge on any atom is 0.135 e. The molecule has 0 amide bonds. The first-order valence-corrected chi connectivity index (χ1v) is 5.93. The van der Waals surface area contributed by atoms with Crippen LogP contribution < -0.4 is 0 Å². The van der Waals surface area contributed by atoms with Gasteiger partial charge in [0, 0.05) is 21.0 Å². The zero-order chi connectivity index (χ0) is 11.8. The van der Waals surface area contributed by atoms with Crippen LogP contribution in [0.1, 0.15) is 0 Å². The molecule has 3 heteroatoms. The van der Waals surface area contributed by atoms with Gasteiger partial charge in [0.05, 0.1) is 0 Å². The van der Waals surface area contributed by atoms with Crippen LogP contribution in [-0.2, 0) is 0 Å². The van der Waals surface area contributed by atoms with Gasteiger partial charge in [-0.1, -0.05) is 23.2 Å². The van der Waals surface area contributed by atoms with Gasteiger partial charge in [0.25, 0.3) is 0 Å². The van der Waals surface area contributed by atoms with Crippen molar-refractivity contribution < 1.29 is 4.42 Å². The van der Waals surface area contributed by atoms with Crippen molar-refractivity contribution in [2.75, 3.05) is 0 Å². The molecule has 0 aliphatic heterocycles. The lowest BCUT2D eigenvalue weighted by atomic mass is 10.1. The van der Waals surface area contributed by atoms with Gasteiger partial charge >= 0.3 is 0 Å². The topological polar surface area (TPSA) is 13.1 Å². The molecule has 0 atom stereocenters. The van der Waals surface area contributed by atoms with Gasteiger partial charge in [-0.3, -0.25) is 0 Å². The molecule has 2 aromatic carbocycles. The van der Waals surface area contributed by atoms with Crippen molar-refractivity contribution in [3.05, 3.63) is 58.6 Å². The van der Waals surface area contributed by atoms with E-state index in [1.807, 2.05) is 48.5 Å². The molecule has 0 radical (unpaired) electrons. The fraction of sp³-hybridized carbons (Fsp3) is 0. The normalized spacial score (nSPS) is 10.9. The van der Waals surface area contributed by atoms with Crippen LogP contribution in [0.2, 0.25) is 10.0 Å². The Bertz CT molecular complexity index is 668. The highest BCUT2D eigenvalue weighted by Gasteiger charge is 2.06. The summed E-state index contributed by atoms with van der Waals surface area (Å²) < 4.78 is 5.75. The molecule has 0 aliphatic carbocycles. The predicted molar refractivity (Wildman–Crippen MR) is 71.7 cm³/mol. The van der Waals surface area contributed by atoms with E-state index in [0.717, 1.165) is 22.3 Å². The molecule has 0 aliphatic rings. The molecule has 17 heavy (non-hydrogen) atoms. The first-order valence-electron chi connectivity index (χ1n) is 5.17. The Kier molecular flexibility index (Phi) is 2.58. The van der Waals surface area contributed by atoms with Crippen molar-refractivity contribution in [1.82, 2.24) is 0 Å². The molecule has 0 unspecified atom stereocenters. The van der Waals surface area contributed by atoms with Gasteiger partial charge in [-0.25, -0.2) is 0 Å². The van der Waals surface area contributed by atoms with Crippen molar-refractivity contribution >= 4 is 34.2 Å². The summed E-state index contributed by atoms with van der Waals surface area (Å²) in [5, 5.41) is 2.43. The number of fused-ring (bicyclic) bond motifs is 1. The average molecular weight is 263 g/mol. The van der Waals surface area contributed by atoms with Gasteiger partial charge in [0.2, 0.25) is 0 Å². The first-order chi connectivity index (χ1) is 8.22. The summed E-state index contributed by atoms with van der Waals surface area (Å²) >= 11 is 11.8. The van der Waals surface area contributed by atoms with E-state index in [2.05, 4.69) is 0 Å². The molecular weight excluding hydrogens is 255 g/mol. The number of hydrogen-bond donors (Lipinski definition) is 0. The summed E-state index contributed by atoms with van der Waals surface area (Å²) in [4.78, 5) is 0. The average Bonchev–Trinajstić information content (AvgIpc) is 2.72. The fourth-order valence-corrected chi connectivity index (χ4v) is 2.08. The van der Waals surface area contributed by atoms with Gasteiger partial charge in [-0.15, -0.1) is 0 Å². The molecule has 0 saturated carbocycles. The Morgan fingerprint density at radius 2 is 1.47 bits per heavy atom. The third-order valence-electron chi connectivity index (χ3n) is 2.61. The van der Waals surface area contributed by atoms with Crippen molar-refractivity contribution in [3.8, 4) is 11.3 Å². The second-order valence-corrected chi connectivity index (χ2v) is 4.67. The maximum atomic E-state index is 5.94. The lowest BCUT2D eigenvalue weighted by Gasteiger charge is -1.95. The molecule has 1 heterocycles. The lowest BCUT2D eigenvalue weighted by molar-refractivity contribution is 0.631. The molecule has 1 nitrogen and oxygen atoms in total. The van der Waals surface area contributed by atoms with Crippen LogP contribution in [0.3, 0.4) is 0 Å². The minimum Gasteiger partial charge on any atom is -0.456 e. The van der Waals surface area contributed by atoms with Crippen molar-refractivity contribution in [2.45, 2.75) is 0 Å². The fourth-order valence-electron chi connectivity index (χ4n) is 1.77. The van der Waals surface area contributed by atoms with Crippen molar-refractivity contribution in [3.63, 3.8) is 0 Å². The molecule has 0 saturated heterocycles. The molecule has 3 aromatic rings. The van der Waals surface area contributed by atoms with Gasteiger partial charge in [-0.2, -0.15) is 0 Å². The third-order valence-corrected chi connectivity index (χ3v) is 3.09. The minimum atomic E-state index is 0.709. The molecule has 0 bridgehead atoms. The standard InChI is InChI=1S/C14H8Cl2O/c15-11-3-1-9(2-4-11)14-8-10-7-12(16)5-6-13(10)17-14/h1-8H. The zero-order valence-electron chi connectivity index (χ0n) is 8.78. The predicted octanol–water partition coefficient (Wildman–Crippen LogP) is 5.41. The summed E-state index contributed by atoms with van der Waals surface area (Å²) in [7, 11) is 0. The van der Waals surface area contributed by atoms with Crippen LogP contribution in [0.25, 0.3) is 22.3 Å². The largest absolute Gasteiger partial charge is 0.456 e. The number of rotatable bonds is 1. The van der Waals surface area contributed by atoms with E-state index in [-0.39, 0.29) is 0 Å². The molecular formula is C14H8Cl2O. The van der Waals surface area contributed by atoms with Gasteiger partial charge in [-0.05, 0) is 48.5 Å². The van der Waals surface area contributed by atoms with Gasteiger partial charge in [0.1, 0.15) is 11.3 Å². The number of benzene rings is 2. The highest BCUT2D eigenvalue weighted by molar-refractivity contribution is 6.31.